The van der Waals surface area contributed by atoms with Crippen LogP contribution in [0, 0.1) is 0 Å². The van der Waals surface area contributed by atoms with Gasteiger partial charge in [0, 0.05) is 31.4 Å². The fourth-order valence-corrected chi connectivity index (χ4v) is 3.61. The smallest absolute Gasteiger partial charge is 0.265 e. The number of amides is 2. The number of carbonyl (C=O) groups excluding carboxylic acids is 2. The molecule has 0 radical (unpaired) electrons. The standard InChI is InChI=1S/C21H25N3O5S/c1-15(29-19-11-9-17(10-12-19)23(2)30(3,27)28)21(26)22-16-6-4-7-18(14-16)24-13-5-8-20(24)25/h4,6-7,9-12,14-15H,5,8,13H2,1-3H3,(H,22,26)/t15-/m1/s1. The molecule has 0 bridgehead atoms. The van der Waals surface area contributed by atoms with Crippen molar-refractivity contribution in [2.75, 3.05) is 34.4 Å². The lowest BCUT2D eigenvalue weighted by Crippen LogP contribution is -2.30. The highest BCUT2D eigenvalue weighted by Crippen LogP contribution is 2.25. The largest absolute Gasteiger partial charge is 0.481 e. The first kappa shape index (κ1) is 21.6. The van der Waals surface area contributed by atoms with Gasteiger partial charge in [0.2, 0.25) is 15.9 Å². The summed E-state index contributed by atoms with van der Waals surface area (Å²) in [5.74, 6) is 0.192. The quantitative estimate of drug-likeness (QED) is 0.727. The van der Waals surface area contributed by atoms with E-state index < -0.39 is 16.1 Å². The molecule has 1 aliphatic heterocycles. The van der Waals surface area contributed by atoms with Gasteiger partial charge in [-0.15, -0.1) is 0 Å². The molecule has 9 heteroatoms. The summed E-state index contributed by atoms with van der Waals surface area (Å²) in [5.41, 5.74) is 1.84. The second kappa shape index (κ2) is 8.74. The Bertz CT molecular complexity index is 1040. The molecule has 0 saturated carbocycles. The van der Waals surface area contributed by atoms with Crippen LogP contribution in [0.15, 0.2) is 48.5 Å². The molecule has 1 aliphatic rings. The van der Waals surface area contributed by atoms with Gasteiger partial charge in [0.15, 0.2) is 6.10 Å². The highest BCUT2D eigenvalue weighted by atomic mass is 32.2. The van der Waals surface area contributed by atoms with Crippen LogP contribution in [-0.2, 0) is 19.6 Å². The van der Waals surface area contributed by atoms with Crippen molar-refractivity contribution < 1.29 is 22.7 Å². The molecule has 0 unspecified atom stereocenters. The molecule has 2 amide bonds. The lowest BCUT2D eigenvalue weighted by Gasteiger charge is -2.19. The predicted molar refractivity (Wildman–Crippen MR) is 116 cm³/mol. The Kier molecular flexibility index (Phi) is 6.31. The van der Waals surface area contributed by atoms with Crippen molar-refractivity contribution in [3.63, 3.8) is 0 Å². The molecule has 0 aliphatic carbocycles. The molecule has 2 aromatic carbocycles. The average molecular weight is 432 g/mol. The number of ether oxygens (including phenoxy) is 1. The minimum Gasteiger partial charge on any atom is -0.481 e. The van der Waals surface area contributed by atoms with Crippen LogP contribution in [0.1, 0.15) is 19.8 Å². The van der Waals surface area contributed by atoms with E-state index in [0.717, 1.165) is 22.7 Å². The number of hydrogen-bond donors (Lipinski definition) is 1. The summed E-state index contributed by atoms with van der Waals surface area (Å²) in [4.78, 5) is 26.2. The lowest BCUT2D eigenvalue weighted by atomic mass is 10.2. The number of benzene rings is 2. The average Bonchev–Trinajstić information content (AvgIpc) is 3.13. The van der Waals surface area contributed by atoms with Gasteiger partial charge in [-0.2, -0.15) is 0 Å². The molecule has 1 N–H and O–H groups in total. The van der Waals surface area contributed by atoms with E-state index in [4.69, 9.17) is 4.74 Å². The molecule has 1 atom stereocenters. The van der Waals surface area contributed by atoms with Crippen LogP contribution in [0.2, 0.25) is 0 Å². The molecule has 0 spiro atoms. The summed E-state index contributed by atoms with van der Waals surface area (Å²) in [6.45, 7) is 2.31. The van der Waals surface area contributed by atoms with Gasteiger partial charge in [0.25, 0.3) is 5.91 Å². The van der Waals surface area contributed by atoms with Crippen LogP contribution in [-0.4, -0.2) is 46.2 Å². The van der Waals surface area contributed by atoms with Gasteiger partial charge in [0.05, 0.1) is 11.9 Å². The van der Waals surface area contributed by atoms with Crippen LogP contribution in [0.25, 0.3) is 0 Å². The van der Waals surface area contributed by atoms with E-state index in [1.54, 1.807) is 54.3 Å². The molecular formula is C21H25N3O5S. The Morgan fingerprint density at radius 3 is 2.50 bits per heavy atom. The summed E-state index contributed by atoms with van der Waals surface area (Å²) >= 11 is 0. The van der Waals surface area contributed by atoms with E-state index in [0.29, 0.717) is 30.1 Å². The van der Waals surface area contributed by atoms with E-state index in [-0.39, 0.29) is 11.8 Å². The fraction of sp³-hybridized carbons (Fsp3) is 0.333. The van der Waals surface area contributed by atoms with Crippen LogP contribution in [0.5, 0.6) is 5.75 Å². The Hall–Kier alpha value is -3.07. The number of sulfonamides is 1. The molecular weight excluding hydrogens is 406 g/mol. The normalized spacial score (nSPS) is 15.0. The van der Waals surface area contributed by atoms with Crippen molar-refractivity contribution in [1.29, 1.82) is 0 Å². The third-order valence-corrected chi connectivity index (χ3v) is 6.08. The highest BCUT2D eigenvalue weighted by Gasteiger charge is 2.22. The van der Waals surface area contributed by atoms with Gasteiger partial charge < -0.3 is 15.0 Å². The van der Waals surface area contributed by atoms with Gasteiger partial charge in [-0.3, -0.25) is 13.9 Å². The van der Waals surface area contributed by atoms with Crippen LogP contribution in [0.3, 0.4) is 0 Å². The third kappa shape index (κ3) is 5.10. The number of anilines is 3. The Balaban J connectivity index is 1.62. The second-order valence-corrected chi connectivity index (χ2v) is 9.19. The topological polar surface area (TPSA) is 96.0 Å². The summed E-state index contributed by atoms with van der Waals surface area (Å²) < 4.78 is 30.0. The summed E-state index contributed by atoms with van der Waals surface area (Å²) in [5, 5.41) is 2.80. The van der Waals surface area contributed by atoms with Gasteiger partial charge in [0.1, 0.15) is 5.75 Å². The summed E-state index contributed by atoms with van der Waals surface area (Å²) in [7, 11) is -1.89. The van der Waals surface area contributed by atoms with Crippen LogP contribution < -0.4 is 19.3 Å². The first-order chi connectivity index (χ1) is 14.1. The molecule has 0 aromatic heterocycles. The Morgan fingerprint density at radius 2 is 1.90 bits per heavy atom. The van der Waals surface area contributed by atoms with Gasteiger partial charge >= 0.3 is 0 Å². The predicted octanol–water partition coefficient (Wildman–Crippen LogP) is 2.62. The number of nitrogens with one attached hydrogen (secondary N) is 1. The van der Waals surface area contributed by atoms with Gasteiger partial charge in [-0.05, 0) is 55.8 Å². The van der Waals surface area contributed by atoms with Crippen molar-refractivity contribution in [3.8, 4) is 5.75 Å². The first-order valence-electron chi connectivity index (χ1n) is 9.57. The molecule has 1 fully saturated rings. The first-order valence-corrected chi connectivity index (χ1v) is 11.4. The fourth-order valence-electron chi connectivity index (χ4n) is 3.10. The minimum atomic E-state index is -3.35. The highest BCUT2D eigenvalue weighted by molar-refractivity contribution is 7.92. The number of carbonyl (C=O) groups is 2. The monoisotopic (exact) mass is 431 g/mol. The Labute approximate surface area is 176 Å². The minimum absolute atomic E-state index is 0.0835. The zero-order valence-electron chi connectivity index (χ0n) is 17.2. The third-order valence-electron chi connectivity index (χ3n) is 4.88. The lowest BCUT2D eigenvalue weighted by molar-refractivity contribution is -0.122. The van der Waals surface area contributed by atoms with Crippen LogP contribution >= 0.6 is 0 Å². The van der Waals surface area contributed by atoms with E-state index >= 15 is 0 Å². The second-order valence-electron chi connectivity index (χ2n) is 7.17. The Morgan fingerprint density at radius 1 is 1.20 bits per heavy atom. The van der Waals surface area contributed by atoms with E-state index in [2.05, 4.69) is 5.32 Å². The van der Waals surface area contributed by atoms with Crippen LogP contribution in [0.4, 0.5) is 17.1 Å². The molecule has 2 aromatic rings. The number of rotatable bonds is 7. The summed E-state index contributed by atoms with van der Waals surface area (Å²) in [6, 6.07) is 13.6. The van der Waals surface area contributed by atoms with E-state index in [9.17, 15) is 18.0 Å². The molecule has 3 rings (SSSR count). The molecule has 160 valence electrons. The summed E-state index contributed by atoms with van der Waals surface area (Å²) in [6.07, 6.45) is 1.72. The van der Waals surface area contributed by atoms with Crippen molar-refractivity contribution in [1.82, 2.24) is 0 Å². The zero-order chi connectivity index (χ0) is 21.9. The van der Waals surface area contributed by atoms with Crippen molar-refractivity contribution >= 4 is 38.9 Å². The maximum absolute atomic E-state index is 12.5. The SMILES string of the molecule is C[C@@H](Oc1ccc(N(C)S(C)(=O)=O)cc1)C(=O)Nc1cccc(N2CCCC2=O)c1. The maximum atomic E-state index is 12.5. The van der Waals surface area contributed by atoms with Gasteiger partial charge in [-0.25, -0.2) is 8.42 Å². The molecule has 30 heavy (non-hydrogen) atoms. The van der Waals surface area contributed by atoms with Crippen molar-refractivity contribution in [3.05, 3.63) is 48.5 Å². The maximum Gasteiger partial charge on any atom is 0.265 e. The van der Waals surface area contributed by atoms with Crippen molar-refractivity contribution in [2.24, 2.45) is 0 Å². The molecule has 1 saturated heterocycles. The van der Waals surface area contributed by atoms with E-state index in [1.165, 1.54) is 7.05 Å². The molecule has 1 heterocycles. The number of nitrogens with zero attached hydrogens (tertiary/aromatic N) is 2. The number of hydrogen-bond acceptors (Lipinski definition) is 5. The van der Waals surface area contributed by atoms with Crippen molar-refractivity contribution in [2.45, 2.75) is 25.9 Å². The zero-order valence-corrected chi connectivity index (χ0v) is 18.0. The van der Waals surface area contributed by atoms with E-state index in [1.807, 2.05) is 6.07 Å². The molecule has 8 nitrogen and oxygen atoms in total. The van der Waals surface area contributed by atoms with Gasteiger partial charge in [-0.1, -0.05) is 6.07 Å².